The van der Waals surface area contributed by atoms with E-state index in [1.54, 1.807) is 6.07 Å². The predicted molar refractivity (Wildman–Crippen MR) is 82.2 cm³/mol. The van der Waals surface area contributed by atoms with E-state index in [0.717, 1.165) is 23.3 Å². The Morgan fingerprint density at radius 1 is 1.12 bits per heavy atom. The monoisotopic (exact) mass is 329 g/mol. The van der Waals surface area contributed by atoms with Gasteiger partial charge in [0.15, 0.2) is 5.76 Å². The number of hydrogen-bond acceptors (Lipinski definition) is 4. The van der Waals surface area contributed by atoms with E-state index in [-0.39, 0.29) is 6.61 Å². The quantitative estimate of drug-likeness (QED) is 0.670. The highest BCUT2D eigenvalue weighted by Gasteiger charge is 2.19. The van der Waals surface area contributed by atoms with Crippen molar-refractivity contribution in [3.63, 3.8) is 0 Å². The Balaban J connectivity index is 1.69. The molecule has 122 valence electrons. The van der Waals surface area contributed by atoms with E-state index < -0.39 is 23.2 Å². The molecular formula is C18H13F2NO3. The number of halogens is 2. The van der Waals surface area contributed by atoms with Gasteiger partial charge in [-0.3, -0.25) is 0 Å². The number of hydrogen-bond donors (Lipinski definition) is 0. The molecule has 0 saturated heterocycles. The second-order valence-corrected chi connectivity index (χ2v) is 5.22. The summed E-state index contributed by atoms with van der Waals surface area (Å²) in [5.41, 5.74) is 1.56. The standard InChI is InChI=1S/C18H13F2NO3/c1-11-5-7-12(8-6-11)16-9-13(21-24-16)10-23-18(22)17-14(19)3-2-4-15(17)20/h2-9H,10H2,1H3. The van der Waals surface area contributed by atoms with Crippen LogP contribution in [0.15, 0.2) is 53.1 Å². The van der Waals surface area contributed by atoms with Crippen molar-refractivity contribution in [2.24, 2.45) is 0 Å². The van der Waals surface area contributed by atoms with Crippen molar-refractivity contribution in [3.8, 4) is 11.3 Å². The molecule has 0 aliphatic carbocycles. The summed E-state index contributed by atoms with van der Waals surface area (Å²) >= 11 is 0. The molecule has 1 heterocycles. The van der Waals surface area contributed by atoms with Crippen LogP contribution in [0.2, 0.25) is 0 Å². The van der Waals surface area contributed by atoms with Gasteiger partial charge >= 0.3 is 5.97 Å². The highest BCUT2D eigenvalue weighted by Crippen LogP contribution is 2.21. The van der Waals surface area contributed by atoms with Crippen molar-refractivity contribution in [3.05, 3.63) is 77.0 Å². The second kappa shape index (κ2) is 6.62. The average molecular weight is 329 g/mol. The third-order valence-electron chi connectivity index (χ3n) is 3.41. The van der Waals surface area contributed by atoms with Crippen LogP contribution in [0.1, 0.15) is 21.6 Å². The summed E-state index contributed by atoms with van der Waals surface area (Å²) in [6.45, 7) is 1.72. The summed E-state index contributed by atoms with van der Waals surface area (Å²) in [7, 11) is 0. The molecule has 6 heteroatoms. The van der Waals surface area contributed by atoms with Gasteiger partial charge in [0.2, 0.25) is 0 Å². The fourth-order valence-corrected chi connectivity index (χ4v) is 2.14. The highest BCUT2D eigenvalue weighted by atomic mass is 19.1. The van der Waals surface area contributed by atoms with E-state index in [9.17, 15) is 13.6 Å². The predicted octanol–water partition coefficient (Wildman–Crippen LogP) is 4.29. The van der Waals surface area contributed by atoms with Gasteiger partial charge in [0.1, 0.15) is 29.5 Å². The lowest BCUT2D eigenvalue weighted by Crippen LogP contribution is -2.10. The van der Waals surface area contributed by atoms with Gasteiger partial charge in [-0.15, -0.1) is 0 Å². The second-order valence-electron chi connectivity index (χ2n) is 5.22. The number of esters is 1. The number of benzene rings is 2. The lowest BCUT2D eigenvalue weighted by atomic mass is 10.1. The van der Waals surface area contributed by atoms with Gasteiger partial charge in [0.25, 0.3) is 0 Å². The van der Waals surface area contributed by atoms with E-state index in [4.69, 9.17) is 9.26 Å². The van der Waals surface area contributed by atoms with Crippen molar-refractivity contribution in [2.75, 3.05) is 0 Å². The molecule has 0 spiro atoms. The van der Waals surface area contributed by atoms with Crippen LogP contribution in [-0.4, -0.2) is 11.1 Å². The molecule has 0 radical (unpaired) electrons. The topological polar surface area (TPSA) is 52.3 Å². The lowest BCUT2D eigenvalue weighted by molar-refractivity contribution is 0.0453. The first-order chi connectivity index (χ1) is 11.5. The van der Waals surface area contributed by atoms with Crippen LogP contribution in [0.5, 0.6) is 0 Å². The van der Waals surface area contributed by atoms with Gasteiger partial charge in [0.05, 0.1) is 0 Å². The molecule has 0 aliphatic heterocycles. The molecular weight excluding hydrogens is 316 g/mol. The van der Waals surface area contributed by atoms with Crippen LogP contribution in [0.25, 0.3) is 11.3 Å². The molecule has 0 amide bonds. The van der Waals surface area contributed by atoms with E-state index in [1.165, 1.54) is 6.07 Å². The highest BCUT2D eigenvalue weighted by molar-refractivity contribution is 5.90. The van der Waals surface area contributed by atoms with Crippen LogP contribution in [-0.2, 0) is 11.3 Å². The van der Waals surface area contributed by atoms with Crippen molar-refractivity contribution in [1.82, 2.24) is 5.16 Å². The molecule has 4 nitrogen and oxygen atoms in total. The summed E-state index contributed by atoms with van der Waals surface area (Å²) in [5.74, 6) is -2.52. The Hall–Kier alpha value is -3.02. The van der Waals surface area contributed by atoms with Gasteiger partial charge in [-0.05, 0) is 19.1 Å². The van der Waals surface area contributed by atoms with Crippen molar-refractivity contribution in [2.45, 2.75) is 13.5 Å². The molecule has 24 heavy (non-hydrogen) atoms. The number of aromatic nitrogens is 1. The first-order valence-corrected chi connectivity index (χ1v) is 7.18. The zero-order valence-corrected chi connectivity index (χ0v) is 12.8. The van der Waals surface area contributed by atoms with Crippen LogP contribution >= 0.6 is 0 Å². The first-order valence-electron chi connectivity index (χ1n) is 7.18. The Morgan fingerprint density at radius 2 is 1.79 bits per heavy atom. The third-order valence-corrected chi connectivity index (χ3v) is 3.41. The maximum absolute atomic E-state index is 13.5. The summed E-state index contributed by atoms with van der Waals surface area (Å²) in [4.78, 5) is 11.8. The van der Waals surface area contributed by atoms with Crippen LogP contribution in [0, 0.1) is 18.6 Å². The van der Waals surface area contributed by atoms with Gasteiger partial charge in [0, 0.05) is 11.6 Å². The molecule has 0 N–H and O–H groups in total. The smallest absolute Gasteiger partial charge is 0.344 e. The van der Waals surface area contributed by atoms with Crippen LogP contribution < -0.4 is 0 Å². The van der Waals surface area contributed by atoms with E-state index >= 15 is 0 Å². The lowest BCUT2D eigenvalue weighted by Gasteiger charge is -2.04. The summed E-state index contributed by atoms with van der Waals surface area (Å²) in [6.07, 6.45) is 0. The van der Waals surface area contributed by atoms with Crippen molar-refractivity contribution < 1.29 is 22.8 Å². The Morgan fingerprint density at radius 3 is 2.46 bits per heavy atom. The maximum Gasteiger partial charge on any atom is 0.344 e. The first kappa shape index (κ1) is 15.9. The molecule has 0 fully saturated rings. The van der Waals surface area contributed by atoms with E-state index in [0.29, 0.717) is 11.5 Å². The van der Waals surface area contributed by atoms with Gasteiger partial charge in [-0.1, -0.05) is 41.1 Å². The molecule has 3 rings (SSSR count). The minimum atomic E-state index is -1.09. The molecule has 0 atom stereocenters. The molecule has 0 unspecified atom stereocenters. The van der Waals surface area contributed by atoms with Gasteiger partial charge < -0.3 is 9.26 Å². The molecule has 0 saturated carbocycles. The molecule has 3 aromatic rings. The molecule has 0 aliphatic rings. The molecule has 1 aromatic heterocycles. The summed E-state index contributed by atoms with van der Waals surface area (Å²) < 4.78 is 37.1. The Labute approximate surface area is 136 Å². The minimum absolute atomic E-state index is 0.248. The normalized spacial score (nSPS) is 10.6. The number of carbonyl (C=O) groups excluding carboxylic acids is 1. The van der Waals surface area contributed by atoms with E-state index in [2.05, 4.69) is 5.16 Å². The number of carbonyl (C=O) groups is 1. The fourth-order valence-electron chi connectivity index (χ4n) is 2.14. The Bertz CT molecular complexity index is 852. The zero-order chi connectivity index (χ0) is 17.1. The third kappa shape index (κ3) is 3.32. The number of rotatable bonds is 4. The SMILES string of the molecule is Cc1ccc(-c2cc(COC(=O)c3c(F)cccc3F)no2)cc1. The fraction of sp³-hybridized carbons (Fsp3) is 0.111. The average Bonchev–Trinajstić information content (AvgIpc) is 3.02. The number of aryl methyl sites for hydroxylation is 1. The summed E-state index contributed by atoms with van der Waals surface area (Å²) in [6, 6.07) is 12.4. The van der Waals surface area contributed by atoms with Crippen LogP contribution in [0.4, 0.5) is 8.78 Å². The summed E-state index contributed by atoms with van der Waals surface area (Å²) in [5, 5.41) is 3.79. The Kier molecular flexibility index (Phi) is 4.37. The zero-order valence-electron chi connectivity index (χ0n) is 12.8. The van der Waals surface area contributed by atoms with Gasteiger partial charge in [-0.25, -0.2) is 13.6 Å². The van der Waals surface area contributed by atoms with E-state index in [1.807, 2.05) is 31.2 Å². The van der Waals surface area contributed by atoms with Crippen molar-refractivity contribution >= 4 is 5.97 Å². The largest absolute Gasteiger partial charge is 0.455 e. The number of nitrogens with zero attached hydrogens (tertiary/aromatic N) is 1. The molecule has 2 aromatic carbocycles. The van der Waals surface area contributed by atoms with Crippen molar-refractivity contribution in [1.29, 1.82) is 0 Å². The number of ether oxygens (including phenoxy) is 1. The molecule has 0 bridgehead atoms. The maximum atomic E-state index is 13.5. The van der Waals surface area contributed by atoms with Crippen LogP contribution in [0.3, 0.4) is 0 Å². The minimum Gasteiger partial charge on any atom is -0.455 e. The van der Waals surface area contributed by atoms with Gasteiger partial charge in [-0.2, -0.15) is 0 Å².